The molecule has 1 aromatic carbocycles. The number of hydrogen-bond donors (Lipinski definition) is 1. The SMILES string of the molecule is Cc1cc(Cl)ccc1OC(C)c1nnc(SCC(N)=O)n1C. The maximum absolute atomic E-state index is 10.8. The van der Waals surface area contributed by atoms with Crippen molar-refractivity contribution in [3.05, 3.63) is 34.6 Å². The maximum Gasteiger partial charge on any atom is 0.227 e. The van der Waals surface area contributed by atoms with Crippen LogP contribution in [0.2, 0.25) is 5.02 Å². The Morgan fingerprint density at radius 3 is 2.86 bits per heavy atom. The minimum atomic E-state index is -0.393. The number of thioether (sulfide) groups is 1. The average Bonchev–Trinajstić information content (AvgIpc) is 2.81. The standard InChI is InChI=1S/C14H17ClN4O2S/c1-8-6-10(15)4-5-11(8)21-9(2)13-17-18-14(19(13)3)22-7-12(16)20/h4-6,9H,7H2,1-3H3,(H2,16,20). The largest absolute Gasteiger partial charge is 0.482 e. The van der Waals surface area contributed by atoms with Crippen molar-refractivity contribution in [2.75, 3.05) is 5.75 Å². The first-order chi connectivity index (χ1) is 10.4. The third-order valence-electron chi connectivity index (χ3n) is 3.02. The van der Waals surface area contributed by atoms with Gasteiger partial charge in [0.1, 0.15) is 5.75 Å². The summed E-state index contributed by atoms with van der Waals surface area (Å²) in [7, 11) is 1.83. The number of nitrogens with two attached hydrogens (primary N) is 1. The van der Waals surface area contributed by atoms with Crippen LogP contribution in [0.3, 0.4) is 0 Å². The summed E-state index contributed by atoms with van der Waals surface area (Å²) in [5.41, 5.74) is 6.08. The lowest BCUT2D eigenvalue weighted by molar-refractivity contribution is -0.115. The van der Waals surface area contributed by atoms with Crippen molar-refractivity contribution in [1.82, 2.24) is 14.8 Å². The fraction of sp³-hybridized carbons (Fsp3) is 0.357. The maximum atomic E-state index is 10.8. The van der Waals surface area contributed by atoms with Gasteiger partial charge in [-0.25, -0.2) is 0 Å². The van der Waals surface area contributed by atoms with Gasteiger partial charge >= 0.3 is 0 Å². The van der Waals surface area contributed by atoms with Gasteiger partial charge in [0.15, 0.2) is 17.1 Å². The predicted molar refractivity (Wildman–Crippen MR) is 86.2 cm³/mol. The smallest absolute Gasteiger partial charge is 0.227 e. The number of nitrogens with zero attached hydrogens (tertiary/aromatic N) is 3. The normalized spacial score (nSPS) is 12.2. The number of rotatable bonds is 6. The van der Waals surface area contributed by atoms with Crippen LogP contribution in [-0.2, 0) is 11.8 Å². The van der Waals surface area contributed by atoms with E-state index in [-0.39, 0.29) is 11.9 Å². The molecule has 1 unspecified atom stereocenters. The second-order valence-corrected chi connectivity index (χ2v) is 6.20. The summed E-state index contributed by atoms with van der Waals surface area (Å²) >= 11 is 7.18. The summed E-state index contributed by atoms with van der Waals surface area (Å²) in [6, 6.07) is 5.45. The molecule has 0 bridgehead atoms. The number of primary amides is 1. The summed E-state index contributed by atoms with van der Waals surface area (Å²) < 4.78 is 7.72. The number of benzene rings is 1. The highest BCUT2D eigenvalue weighted by Gasteiger charge is 2.18. The molecule has 0 spiro atoms. The van der Waals surface area contributed by atoms with Gasteiger partial charge in [0.25, 0.3) is 0 Å². The molecule has 22 heavy (non-hydrogen) atoms. The second kappa shape index (κ2) is 7.02. The number of hydrogen-bond acceptors (Lipinski definition) is 5. The van der Waals surface area contributed by atoms with Crippen molar-refractivity contribution in [1.29, 1.82) is 0 Å². The third-order valence-corrected chi connectivity index (χ3v) is 4.29. The molecule has 0 aliphatic rings. The van der Waals surface area contributed by atoms with Gasteiger partial charge in [-0.1, -0.05) is 23.4 Å². The molecule has 1 atom stereocenters. The van der Waals surface area contributed by atoms with Gasteiger partial charge in [-0.15, -0.1) is 10.2 Å². The van der Waals surface area contributed by atoms with E-state index in [0.717, 1.165) is 11.3 Å². The number of aryl methyl sites for hydroxylation is 1. The molecule has 2 rings (SSSR count). The van der Waals surface area contributed by atoms with Crippen LogP contribution < -0.4 is 10.5 Å². The molecule has 0 saturated carbocycles. The van der Waals surface area contributed by atoms with Crippen LogP contribution >= 0.6 is 23.4 Å². The zero-order valence-electron chi connectivity index (χ0n) is 12.5. The van der Waals surface area contributed by atoms with Gasteiger partial charge in [0.05, 0.1) is 5.75 Å². The number of halogens is 1. The summed E-state index contributed by atoms with van der Waals surface area (Å²) in [6.07, 6.45) is -0.291. The number of carbonyl (C=O) groups is 1. The highest BCUT2D eigenvalue weighted by molar-refractivity contribution is 7.99. The number of aromatic nitrogens is 3. The number of amides is 1. The zero-order valence-corrected chi connectivity index (χ0v) is 14.1. The molecule has 0 fully saturated rings. The van der Waals surface area contributed by atoms with E-state index in [4.69, 9.17) is 22.1 Å². The molecule has 2 aromatic rings. The summed E-state index contributed by atoms with van der Waals surface area (Å²) in [4.78, 5) is 10.8. The lowest BCUT2D eigenvalue weighted by Crippen LogP contribution is -2.14. The highest BCUT2D eigenvalue weighted by atomic mass is 35.5. The zero-order chi connectivity index (χ0) is 16.3. The van der Waals surface area contributed by atoms with Gasteiger partial charge in [0.2, 0.25) is 5.91 Å². The minimum absolute atomic E-state index is 0.164. The molecular formula is C14H17ClN4O2S. The molecule has 0 saturated heterocycles. The fourth-order valence-electron chi connectivity index (χ4n) is 1.93. The van der Waals surface area contributed by atoms with Gasteiger partial charge in [0, 0.05) is 12.1 Å². The van der Waals surface area contributed by atoms with Crippen molar-refractivity contribution < 1.29 is 9.53 Å². The van der Waals surface area contributed by atoms with Crippen LogP contribution in [-0.4, -0.2) is 26.4 Å². The topological polar surface area (TPSA) is 83.0 Å². The van der Waals surface area contributed by atoms with E-state index in [1.54, 1.807) is 10.6 Å². The van der Waals surface area contributed by atoms with Crippen molar-refractivity contribution >= 4 is 29.3 Å². The van der Waals surface area contributed by atoms with E-state index in [9.17, 15) is 4.79 Å². The molecule has 1 aromatic heterocycles. The number of carbonyl (C=O) groups excluding carboxylic acids is 1. The van der Waals surface area contributed by atoms with E-state index >= 15 is 0 Å². The van der Waals surface area contributed by atoms with Crippen molar-refractivity contribution in [3.8, 4) is 5.75 Å². The molecule has 0 radical (unpaired) electrons. The predicted octanol–water partition coefficient (Wildman–Crippen LogP) is 2.49. The van der Waals surface area contributed by atoms with Crippen LogP contribution in [0.1, 0.15) is 24.4 Å². The van der Waals surface area contributed by atoms with Crippen LogP contribution in [0.4, 0.5) is 0 Å². The van der Waals surface area contributed by atoms with E-state index in [1.165, 1.54) is 11.8 Å². The van der Waals surface area contributed by atoms with E-state index in [1.807, 2.05) is 33.0 Å². The van der Waals surface area contributed by atoms with Crippen molar-refractivity contribution in [3.63, 3.8) is 0 Å². The van der Waals surface area contributed by atoms with Gasteiger partial charge in [-0.3, -0.25) is 4.79 Å². The minimum Gasteiger partial charge on any atom is -0.482 e. The van der Waals surface area contributed by atoms with Gasteiger partial charge in [-0.2, -0.15) is 0 Å². The first-order valence-corrected chi connectivity index (χ1v) is 7.98. The Balaban J connectivity index is 2.12. The molecule has 6 nitrogen and oxygen atoms in total. The Kier molecular flexibility index (Phi) is 5.31. The lowest BCUT2D eigenvalue weighted by Gasteiger charge is -2.16. The van der Waals surface area contributed by atoms with Crippen molar-refractivity contribution in [2.45, 2.75) is 25.1 Å². The summed E-state index contributed by atoms with van der Waals surface area (Å²) in [5.74, 6) is 1.18. The van der Waals surface area contributed by atoms with E-state index in [2.05, 4.69) is 10.2 Å². The molecule has 0 aliphatic carbocycles. The van der Waals surface area contributed by atoms with Crippen LogP contribution in [0.15, 0.2) is 23.4 Å². The molecule has 2 N–H and O–H groups in total. The highest BCUT2D eigenvalue weighted by Crippen LogP contribution is 2.27. The third kappa shape index (κ3) is 3.92. The quantitative estimate of drug-likeness (QED) is 0.817. The molecular weight excluding hydrogens is 324 g/mol. The van der Waals surface area contributed by atoms with Crippen LogP contribution in [0.5, 0.6) is 5.75 Å². The second-order valence-electron chi connectivity index (χ2n) is 4.82. The van der Waals surface area contributed by atoms with E-state index in [0.29, 0.717) is 16.0 Å². The average molecular weight is 341 g/mol. The summed E-state index contributed by atoms with van der Waals surface area (Å²) in [5, 5.41) is 9.47. The summed E-state index contributed by atoms with van der Waals surface area (Å²) in [6.45, 7) is 3.82. The van der Waals surface area contributed by atoms with Crippen LogP contribution in [0.25, 0.3) is 0 Å². The Morgan fingerprint density at radius 1 is 1.50 bits per heavy atom. The Bertz CT molecular complexity index is 689. The Labute approximate surface area is 138 Å². The molecule has 1 amide bonds. The monoisotopic (exact) mass is 340 g/mol. The Morgan fingerprint density at radius 2 is 2.23 bits per heavy atom. The lowest BCUT2D eigenvalue weighted by atomic mass is 10.2. The Hall–Kier alpha value is -1.73. The molecule has 8 heteroatoms. The van der Waals surface area contributed by atoms with Gasteiger partial charge in [-0.05, 0) is 37.6 Å². The molecule has 118 valence electrons. The van der Waals surface area contributed by atoms with Crippen LogP contribution in [0, 0.1) is 6.92 Å². The van der Waals surface area contributed by atoms with Crippen molar-refractivity contribution in [2.24, 2.45) is 12.8 Å². The first-order valence-electron chi connectivity index (χ1n) is 6.61. The number of ether oxygens (including phenoxy) is 1. The molecule has 1 heterocycles. The fourth-order valence-corrected chi connectivity index (χ4v) is 2.81. The first kappa shape index (κ1) is 16.6. The molecule has 0 aliphatic heterocycles. The van der Waals surface area contributed by atoms with E-state index < -0.39 is 5.91 Å². The van der Waals surface area contributed by atoms with Gasteiger partial charge < -0.3 is 15.0 Å².